The van der Waals surface area contributed by atoms with Crippen molar-refractivity contribution in [2.45, 2.75) is 45.6 Å². The zero-order chi connectivity index (χ0) is 13.1. The van der Waals surface area contributed by atoms with Crippen LogP contribution in [-0.4, -0.2) is 23.3 Å². The van der Waals surface area contributed by atoms with Gasteiger partial charge in [0.05, 0.1) is 6.10 Å². The zero-order valence-corrected chi connectivity index (χ0v) is 11.1. The van der Waals surface area contributed by atoms with Crippen molar-refractivity contribution in [3.8, 4) is 5.75 Å². The summed E-state index contributed by atoms with van der Waals surface area (Å²) >= 11 is 0. The summed E-state index contributed by atoms with van der Waals surface area (Å²) in [5, 5.41) is 18.8. The van der Waals surface area contributed by atoms with Gasteiger partial charge in [-0.1, -0.05) is 24.6 Å². The van der Waals surface area contributed by atoms with Crippen LogP contribution in [0, 0.1) is 12.8 Å². The minimum atomic E-state index is -1.47. The van der Waals surface area contributed by atoms with E-state index in [1.54, 1.807) is 6.07 Å². The maximum atomic E-state index is 9.38. The fourth-order valence-corrected chi connectivity index (χ4v) is 2.50. The van der Waals surface area contributed by atoms with E-state index in [9.17, 15) is 10.0 Å². The van der Waals surface area contributed by atoms with E-state index in [-0.39, 0.29) is 6.10 Å². The van der Waals surface area contributed by atoms with E-state index >= 15 is 0 Å². The van der Waals surface area contributed by atoms with Crippen LogP contribution in [0.5, 0.6) is 5.75 Å². The predicted molar refractivity (Wildman–Crippen MR) is 73.1 cm³/mol. The monoisotopic (exact) mass is 248 g/mol. The summed E-state index contributed by atoms with van der Waals surface area (Å²) in [6, 6.07) is 5.54. The van der Waals surface area contributed by atoms with Gasteiger partial charge in [-0.3, -0.25) is 0 Å². The van der Waals surface area contributed by atoms with Crippen LogP contribution in [0.25, 0.3) is 0 Å². The van der Waals surface area contributed by atoms with Crippen molar-refractivity contribution in [1.29, 1.82) is 0 Å². The Morgan fingerprint density at radius 2 is 1.83 bits per heavy atom. The summed E-state index contributed by atoms with van der Waals surface area (Å²) in [6.07, 6.45) is 4.69. The smallest absolute Gasteiger partial charge is 0.491 e. The normalized spacial score (nSPS) is 23.8. The SMILES string of the molecule is Cc1ccc(OC2CCC(C)CC2)c(B(O)O)c1. The molecule has 2 N–H and O–H groups in total. The van der Waals surface area contributed by atoms with Gasteiger partial charge in [0.15, 0.2) is 0 Å². The quantitative estimate of drug-likeness (QED) is 0.799. The number of aryl methyl sites for hydroxylation is 1. The molecule has 2 rings (SSSR count). The first-order valence-electron chi connectivity index (χ1n) is 6.69. The summed E-state index contributed by atoms with van der Waals surface area (Å²) in [6.45, 7) is 4.20. The van der Waals surface area contributed by atoms with Crippen molar-refractivity contribution in [2.24, 2.45) is 5.92 Å². The van der Waals surface area contributed by atoms with Gasteiger partial charge in [-0.05, 0) is 44.6 Å². The highest BCUT2D eigenvalue weighted by atomic mass is 16.5. The number of rotatable bonds is 3. The van der Waals surface area contributed by atoms with Crippen LogP contribution in [0.4, 0.5) is 0 Å². The molecule has 1 fully saturated rings. The average Bonchev–Trinajstić information content (AvgIpc) is 2.34. The van der Waals surface area contributed by atoms with Crippen molar-refractivity contribution in [3.63, 3.8) is 0 Å². The Morgan fingerprint density at radius 3 is 2.44 bits per heavy atom. The fraction of sp³-hybridized carbons (Fsp3) is 0.571. The first kappa shape index (κ1) is 13.4. The number of hydrogen-bond donors (Lipinski definition) is 2. The molecule has 0 radical (unpaired) electrons. The predicted octanol–water partition coefficient (Wildman–Crippen LogP) is 1.63. The van der Waals surface area contributed by atoms with E-state index in [2.05, 4.69) is 6.92 Å². The molecule has 0 bridgehead atoms. The Kier molecular flexibility index (Phi) is 4.30. The Morgan fingerprint density at radius 1 is 1.17 bits per heavy atom. The van der Waals surface area contributed by atoms with Gasteiger partial charge in [0.1, 0.15) is 5.75 Å². The van der Waals surface area contributed by atoms with Gasteiger partial charge >= 0.3 is 7.12 Å². The van der Waals surface area contributed by atoms with E-state index in [1.807, 2.05) is 19.1 Å². The lowest BCUT2D eigenvalue weighted by molar-refractivity contribution is 0.136. The van der Waals surface area contributed by atoms with Gasteiger partial charge in [-0.25, -0.2) is 0 Å². The summed E-state index contributed by atoms with van der Waals surface area (Å²) in [5.41, 5.74) is 1.47. The molecule has 0 aromatic heterocycles. The summed E-state index contributed by atoms with van der Waals surface area (Å²) in [4.78, 5) is 0. The molecule has 98 valence electrons. The molecule has 0 heterocycles. The van der Waals surface area contributed by atoms with Crippen LogP contribution in [0.1, 0.15) is 38.2 Å². The second kappa shape index (κ2) is 5.76. The maximum absolute atomic E-state index is 9.38. The molecule has 4 heteroatoms. The first-order valence-corrected chi connectivity index (χ1v) is 6.69. The molecule has 0 spiro atoms. The van der Waals surface area contributed by atoms with E-state index < -0.39 is 7.12 Å². The minimum absolute atomic E-state index is 0.210. The van der Waals surface area contributed by atoms with Gasteiger partial charge in [0.25, 0.3) is 0 Å². The molecule has 1 saturated carbocycles. The van der Waals surface area contributed by atoms with Crippen LogP contribution >= 0.6 is 0 Å². The number of hydrogen-bond acceptors (Lipinski definition) is 3. The van der Waals surface area contributed by atoms with Crippen LogP contribution < -0.4 is 10.2 Å². The molecule has 0 saturated heterocycles. The molecular formula is C14H21BO3. The molecule has 1 aromatic rings. The third kappa shape index (κ3) is 3.27. The van der Waals surface area contributed by atoms with Gasteiger partial charge in [-0.2, -0.15) is 0 Å². The molecule has 3 nitrogen and oxygen atoms in total. The van der Waals surface area contributed by atoms with E-state index in [1.165, 1.54) is 12.8 Å². The van der Waals surface area contributed by atoms with Crippen molar-refractivity contribution in [2.75, 3.05) is 0 Å². The zero-order valence-electron chi connectivity index (χ0n) is 11.1. The largest absolute Gasteiger partial charge is 0.492 e. The van der Waals surface area contributed by atoms with Crippen LogP contribution in [0.2, 0.25) is 0 Å². The molecule has 1 aromatic carbocycles. The van der Waals surface area contributed by atoms with Crippen LogP contribution in [-0.2, 0) is 0 Å². The Hall–Kier alpha value is -0.995. The second-order valence-electron chi connectivity index (χ2n) is 5.41. The Balaban J connectivity index is 2.09. The molecule has 0 unspecified atom stereocenters. The highest BCUT2D eigenvalue weighted by Gasteiger charge is 2.23. The molecule has 1 aliphatic rings. The van der Waals surface area contributed by atoms with Gasteiger partial charge in [-0.15, -0.1) is 0 Å². The fourth-order valence-electron chi connectivity index (χ4n) is 2.50. The summed E-state index contributed by atoms with van der Waals surface area (Å²) < 4.78 is 5.93. The maximum Gasteiger partial charge on any atom is 0.492 e. The first-order chi connectivity index (χ1) is 8.56. The third-order valence-electron chi connectivity index (χ3n) is 3.70. The number of benzene rings is 1. The van der Waals surface area contributed by atoms with E-state index in [0.29, 0.717) is 11.2 Å². The summed E-state index contributed by atoms with van der Waals surface area (Å²) in [5.74, 6) is 1.39. The molecule has 0 aliphatic heterocycles. The van der Waals surface area contributed by atoms with Crippen LogP contribution in [0.15, 0.2) is 18.2 Å². The third-order valence-corrected chi connectivity index (χ3v) is 3.70. The number of ether oxygens (including phenoxy) is 1. The minimum Gasteiger partial charge on any atom is -0.491 e. The topological polar surface area (TPSA) is 49.7 Å². The molecule has 18 heavy (non-hydrogen) atoms. The van der Waals surface area contributed by atoms with Gasteiger partial charge in [0, 0.05) is 5.46 Å². The second-order valence-corrected chi connectivity index (χ2v) is 5.41. The van der Waals surface area contributed by atoms with Crippen molar-refractivity contribution >= 4 is 12.6 Å². The Bertz CT molecular complexity index is 398. The summed E-state index contributed by atoms with van der Waals surface area (Å²) in [7, 11) is -1.47. The lowest BCUT2D eigenvalue weighted by Gasteiger charge is -2.27. The Labute approximate surface area is 109 Å². The molecular weight excluding hydrogens is 227 g/mol. The standard InChI is InChI=1S/C14H21BO3/c1-10-3-6-12(7-4-10)18-14-8-5-11(2)9-13(14)15(16)17/h5,8-10,12,16-17H,3-4,6-7H2,1-2H3. The lowest BCUT2D eigenvalue weighted by Crippen LogP contribution is -2.34. The van der Waals surface area contributed by atoms with E-state index in [4.69, 9.17) is 4.74 Å². The highest BCUT2D eigenvalue weighted by Crippen LogP contribution is 2.26. The van der Waals surface area contributed by atoms with Crippen molar-refractivity contribution in [1.82, 2.24) is 0 Å². The average molecular weight is 248 g/mol. The lowest BCUT2D eigenvalue weighted by atomic mass is 9.78. The molecule has 0 amide bonds. The van der Waals surface area contributed by atoms with Crippen molar-refractivity contribution in [3.05, 3.63) is 23.8 Å². The van der Waals surface area contributed by atoms with Crippen molar-refractivity contribution < 1.29 is 14.8 Å². The highest BCUT2D eigenvalue weighted by molar-refractivity contribution is 6.59. The van der Waals surface area contributed by atoms with E-state index in [0.717, 1.165) is 24.3 Å². The van der Waals surface area contributed by atoms with Gasteiger partial charge < -0.3 is 14.8 Å². The van der Waals surface area contributed by atoms with Gasteiger partial charge in [0.2, 0.25) is 0 Å². The molecule has 1 aliphatic carbocycles. The van der Waals surface area contributed by atoms with Crippen LogP contribution in [0.3, 0.4) is 0 Å². The molecule has 0 atom stereocenters.